The van der Waals surface area contributed by atoms with Gasteiger partial charge < -0.3 is 30.7 Å². The number of nitrogens with two attached hydrogens (primary N) is 1. The molecule has 4 N–H and O–H groups in total. The molecule has 0 unspecified atom stereocenters. The first-order chi connectivity index (χ1) is 17.4. The molecule has 1 saturated heterocycles. The van der Waals surface area contributed by atoms with E-state index in [1.807, 2.05) is 30.3 Å². The van der Waals surface area contributed by atoms with Crippen LogP contribution in [0, 0.1) is 0 Å². The van der Waals surface area contributed by atoms with Crippen LogP contribution in [-0.4, -0.2) is 60.5 Å². The maximum absolute atomic E-state index is 13.3. The van der Waals surface area contributed by atoms with E-state index >= 15 is 0 Å². The number of carbonyl (C=O) groups excluding carboxylic acids is 4. The van der Waals surface area contributed by atoms with E-state index in [9.17, 15) is 19.2 Å². The van der Waals surface area contributed by atoms with E-state index < -0.39 is 29.8 Å². The lowest BCUT2D eigenvalue weighted by atomic mass is 10.0. The Labute approximate surface area is 208 Å². The summed E-state index contributed by atoms with van der Waals surface area (Å²) in [7, 11) is 0. The molecule has 1 fully saturated rings. The zero-order valence-corrected chi connectivity index (χ0v) is 19.6. The Hall–Kier alpha value is -4.34. The van der Waals surface area contributed by atoms with Gasteiger partial charge in [-0.3, -0.25) is 19.2 Å². The third-order valence-electron chi connectivity index (χ3n) is 6.03. The van der Waals surface area contributed by atoms with Crippen LogP contribution in [0.25, 0.3) is 6.08 Å². The zero-order valence-electron chi connectivity index (χ0n) is 19.6. The molecule has 36 heavy (non-hydrogen) atoms. The number of nitrogens with zero attached hydrogens (tertiary/aromatic N) is 1. The lowest BCUT2D eigenvalue weighted by Gasteiger charge is -2.28. The fourth-order valence-electron chi connectivity index (χ4n) is 4.24. The van der Waals surface area contributed by atoms with Crippen molar-refractivity contribution < 1.29 is 28.7 Å². The average Bonchev–Trinajstić information content (AvgIpc) is 3.55. The van der Waals surface area contributed by atoms with E-state index in [1.54, 1.807) is 24.3 Å². The first-order valence-corrected chi connectivity index (χ1v) is 11.7. The molecule has 2 aromatic rings. The van der Waals surface area contributed by atoms with Gasteiger partial charge in [-0.25, -0.2) is 0 Å². The fraction of sp³-hybridized carbons (Fsp3) is 0.308. The highest BCUT2D eigenvalue weighted by Crippen LogP contribution is 2.32. The van der Waals surface area contributed by atoms with Crippen LogP contribution in [0.15, 0.2) is 54.6 Å². The largest absolute Gasteiger partial charge is 0.454 e. The number of primary amides is 1. The van der Waals surface area contributed by atoms with Crippen LogP contribution in [0.5, 0.6) is 11.5 Å². The topological polar surface area (TPSA) is 140 Å². The molecule has 0 saturated carbocycles. The first kappa shape index (κ1) is 24.8. The second-order valence-corrected chi connectivity index (χ2v) is 8.57. The molecule has 4 rings (SSSR count). The highest BCUT2D eigenvalue weighted by Gasteiger charge is 2.36. The summed E-state index contributed by atoms with van der Waals surface area (Å²) in [4.78, 5) is 51.4. The van der Waals surface area contributed by atoms with Gasteiger partial charge in [0.05, 0.1) is 6.54 Å². The normalized spacial score (nSPS) is 17.1. The SMILES string of the molecule is NC(=O)[C@@H]1CCCN1C(=O)[C@H](Cc1ccccc1)NC(=O)CNC(=O)C=Cc1ccc2c(c1)OCO2. The summed E-state index contributed by atoms with van der Waals surface area (Å²) in [5.74, 6) is -0.688. The number of fused-ring (bicyclic) bond motifs is 1. The summed E-state index contributed by atoms with van der Waals surface area (Å²) >= 11 is 0. The second kappa shape index (κ2) is 11.4. The molecule has 0 radical (unpaired) electrons. The van der Waals surface area contributed by atoms with Crippen molar-refractivity contribution in [3.8, 4) is 11.5 Å². The number of amides is 4. The van der Waals surface area contributed by atoms with E-state index in [2.05, 4.69) is 10.6 Å². The van der Waals surface area contributed by atoms with Gasteiger partial charge in [-0.05, 0) is 42.2 Å². The Morgan fingerprint density at radius 3 is 2.64 bits per heavy atom. The van der Waals surface area contributed by atoms with Gasteiger partial charge in [0, 0.05) is 19.0 Å². The number of hydrogen-bond acceptors (Lipinski definition) is 6. The van der Waals surface area contributed by atoms with E-state index in [-0.39, 0.29) is 25.7 Å². The standard InChI is InChI=1S/C26H28N4O6/c27-25(33)20-7-4-12-30(20)26(34)19(13-17-5-2-1-3-6-17)29-24(32)15-28-23(31)11-9-18-8-10-21-22(14-18)36-16-35-21/h1-3,5-6,8-11,14,19-20H,4,7,12-13,15-16H2,(H2,27,33)(H,28,31)(H,29,32)/t19-,20-/m0/s1. The van der Waals surface area contributed by atoms with Gasteiger partial charge in [0.25, 0.3) is 0 Å². The second-order valence-electron chi connectivity index (χ2n) is 8.57. The minimum absolute atomic E-state index is 0.160. The number of benzene rings is 2. The Kier molecular flexibility index (Phi) is 7.84. The summed E-state index contributed by atoms with van der Waals surface area (Å²) in [5, 5.41) is 5.22. The summed E-state index contributed by atoms with van der Waals surface area (Å²) in [5.41, 5.74) is 7.06. The number of ether oxygens (including phenoxy) is 2. The number of rotatable bonds is 9. The van der Waals surface area contributed by atoms with Crippen LogP contribution in [0.3, 0.4) is 0 Å². The zero-order chi connectivity index (χ0) is 25.5. The van der Waals surface area contributed by atoms with Crippen molar-refractivity contribution in [2.24, 2.45) is 5.73 Å². The fourth-order valence-corrected chi connectivity index (χ4v) is 4.24. The van der Waals surface area contributed by atoms with Crippen molar-refractivity contribution in [2.45, 2.75) is 31.3 Å². The number of carbonyl (C=O) groups is 4. The van der Waals surface area contributed by atoms with Crippen LogP contribution in [0.4, 0.5) is 0 Å². The predicted octanol–water partition coefficient (Wildman–Crippen LogP) is 0.749. The van der Waals surface area contributed by atoms with Crippen molar-refractivity contribution in [3.05, 3.63) is 65.7 Å². The van der Waals surface area contributed by atoms with E-state index in [1.165, 1.54) is 11.0 Å². The molecule has 4 amide bonds. The molecule has 2 aliphatic rings. The van der Waals surface area contributed by atoms with Gasteiger partial charge in [0.2, 0.25) is 30.4 Å². The third kappa shape index (κ3) is 6.21. The lowest BCUT2D eigenvalue weighted by molar-refractivity contribution is -0.140. The molecule has 10 heteroatoms. The maximum atomic E-state index is 13.3. The summed E-state index contributed by atoms with van der Waals surface area (Å²) in [6.07, 6.45) is 4.30. The minimum atomic E-state index is -0.902. The quantitative estimate of drug-likeness (QED) is 0.442. The Morgan fingerprint density at radius 2 is 1.86 bits per heavy atom. The molecule has 0 aliphatic carbocycles. The smallest absolute Gasteiger partial charge is 0.246 e. The average molecular weight is 493 g/mol. The Bertz CT molecular complexity index is 1170. The number of hydrogen-bond donors (Lipinski definition) is 3. The van der Waals surface area contributed by atoms with Gasteiger partial charge in [0.15, 0.2) is 11.5 Å². The van der Waals surface area contributed by atoms with Crippen LogP contribution >= 0.6 is 0 Å². The van der Waals surface area contributed by atoms with Crippen LogP contribution in [0.2, 0.25) is 0 Å². The Morgan fingerprint density at radius 1 is 1.08 bits per heavy atom. The van der Waals surface area contributed by atoms with Crippen molar-refractivity contribution in [2.75, 3.05) is 19.9 Å². The molecule has 2 heterocycles. The highest BCUT2D eigenvalue weighted by atomic mass is 16.7. The van der Waals surface area contributed by atoms with Gasteiger partial charge >= 0.3 is 0 Å². The minimum Gasteiger partial charge on any atom is -0.454 e. The van der Waals surface area contributed by atoms with Crippen LogP contribution in [0.1, 0.15) is 24.0 Å². The maximum Gasteiger partial charge on any atom is 0.246 e. The van der Waals surface area contributed by atoms with E-state index in [0.717, 1.165) is 11.1 Å². The lowest BCUT2D eigenvalue weighted by Crippen LogP contribution is -2.54. The highest BCUT2D eigenvalue weighted by molar-refractivity contribution is 5.96. The predicted molar refractivity (Wildman–Crippen MR) is 131 cm³/mol. The monoisotopic (exact) mass is 492 g/mol. The molecule has 2 atom stereocenters. The summed E-state index contributed by atoms with van der Waals surface area (Å²) < 4.78 is 10.6. The van der Waals surface area contributed by atoms with Crippen LogP contribution < -0.4 is 25.8 Å². The number of likely N-dealkylation sites (tertiary alicyclic amines) is 1. The Balaban J connectivity index is 1.35. The van der Waals surface area contributed by atoms with Gasteiger partial charge in [0.1, 0.15) is 12.1 Å². The van der Waals surface area contributed by atoms with Crippen molar-refractivity contribution >= 4 is 29.7 Å². The van der Waals surface area contributed by atoms with Gasteiger partial charge in [-0.2, -0.15) is 0 Å². The number of nitrogens with one attached hydrogen (secondary N) is 2. The molecule has 0 bridgehead atoms. The van der Waals surface area contributed by atoms with Gasteiger partial charge in [-0.1, -0.05) is 36.4 Å². The molecule has 2 aromatic carbocycles. The molecular weight excluding hydrogens is 464 g/mol. The molecule has 2 aliphatic heterocycles. The molecule has 0 aromatic heterocycles. The van der Waals surface area contributed by atoms with E-state index in [0.29, 0.717) is 30.9 Å². The molecule has 0 spiro atoms. The molecule has 188 valence electrons. The van der Waals surface area contributed by atoms with Crippen molar-refractivity contribution in [3.63, 3.8) is 0 Å². The molecule has 10 nitrogen and oxygen atoms in total. The van der Waals surface area contributed by atoms with E-state index in [4.69, 9.17) is 15.2 Å². The van der Waals surface area contributed by atoms with Gasteiger partial charge in [-0.15, -0.1) is 0 Å². The summed E-state index contributed by atoms with van der Waals surface area (Å²) in [6, 6.07) is 12.9. The first-order valence-electron chi connectivity index (χ1n) is 11.7. The van der Waals surface area contributed by atoms with Crippen LogP contribution in [-0.2, 0) is 25.6 Å². The molecular formula is C26H28N4O6. The third-order valence-corrected chi connectivity index (χ3v) is 6.03. The van der Waals surface area contributed by atoms with Crippen molar-refractivity contribution in [1.82, 2.24) is 15.5 Å². The summed E-state index contributed by atoms with van der Waals surface area (Å²) in [6.45, 7) is 0.240. The van der Waals surface area contributed by atoms with Crippen molar-refractivity contribution in [1.29, 1.82) is 0 Å².